The second-order valence-corrected chi connectivity index (χ2v) is 10.7. The number of aryl methyl sites for hydroxylation is 1. The summed E-state index contributed by atoms with van der Waals surface area (Å²) in [4.78, 5) is 21.8. The molecule has 2 saturated carbocycles. The van der Waals surface area contributed by atoms with E-state index in [1.807, 2.05) is 19.1 Å². The van der Waals surface area contributed by atoms with E-state index in [1.54, 1.807) is 0 Å². The summed E-state index contributed by atoms with van der Waals surface area (Å²) >= 11 is 1.06. The highest BCUT2D eigenvalue weighted by Crippen LogP contribution is 2.35. The second kappa shape index (κ2) is 10.9. The van der Waals surface area contributed by atoms with Gasteiger partial charge < -0.3 is 19.3 Å². The molecule has 36 heavy (non-hydrogen) atoms. The van der Waals surface area contributed by atoms with Gasteiger partial charge in [0.1, 0.15) is 5.75 Å². The lowest BCUT2D eigenvalue weighted by Crippen LogP contribution is -2.30. The molecule has 0 aliphatic heterocycles. The van der Waals surface area contributed by atoms with Crippen LogP contribution < -0.4 is 10.1 Å². The number of hydrogen-bond donors (Lipinski definition) is 1. The molecule has 192 valence electrons. The van der Waals surface area contributed by atoms with Crippen molar-refractivity contribution in [1.82, 2.24) is 15.1 Å². The molecular formula is C26H31FN4O4S. The number of nitrogens with zero attached hydrogens (tertiary/aromatic N) is 3. The monoisotopic (exact) mass is 514 g/mol. The Labute approximate surface area is 213 Å². The van der Waals surface area contributed by atoms with Crippen molar-refractivity contribution in [2.75, 3.05) is 12.4 Å². The minimum absolute atomic E-state index is 0.0581. The second-order valence-electron chi connectivity index (χ2n) is 9.68. The minimum Gasteiger partial charge on any atom is -0.489 e. The third-order valence-electron chi connectivity index (χ3n) is 7.10. The van der Waals surface area contributed by atoms with E-state index in [-0.39, 0.29) is 23.1 Å². The number of esters is 1. The summed E-state index contributed by atoms with van der Waals surface area (Å²) in [5, 5.41) is 6.87. The van der Waals surface area contributed by atoms with E-state index in [1.165, 1.54) is 32.4 Å². The van der Waals surface area contributed by atoms with Crippen LogP contribution >= 0.6 is 11.3 Å². The van der Waals surface area contributed by atoms with Crippen LogP contribution in [-0.2, 0) is 22.5 Å². The first-order valence-corrected chi connectivity index (χ1v) is 13.4. The Morgan fingerprint density at radius 1 is 1.22 bits per heavy atom. The zero-order chi connectivity index (χ0) is 25.1. The van der Waals surface area contributed by atoms with E-state index < -0.39 is 0 Å². The number of hydrogen-bond acceptors (Lipinski definition) is 9. The maximum absolute atomic E-state index is 14.3. The Morgan fingerprint density at radius 3 is 2.81 bits per heavy atom. The van der Waals surface area contributed by atoms with Crippen molar-refractivity contribution in [2.45, 2.75) is 70.9 Å². The van der Waals surface area contributed by atoms with E-state index in [2.05, 4.69) is 15.5 Å². The summed E-state index contributed by atoms with van der Waals surface area (Å²) < 4.78 is 30.7. The first-order chi connectivity index (χ1) is 17.5. The summed E-state index contributed by atoms with van der Waals surface area (Å²) in [6.45, 7) is 2.23. The molecule has 0 saturated heterocycles. The number of aromatic nitrogens is 3. The fourth-order valence-corrected chi connectivity index (χ4v) is 5.76. The van der Waals surface area contributed by atoms with Crippen LogP contribution in [0, 0.1) is 23.9 Å². The summed E-state index contributed by atoms with van der Waals surface area (Å²) in [6.07, 6.45) is 7.73. The van der Waals surface area contributed by atoms with Crippen molar-refractivity contribution in [3.8, 4) is 16.3 Å². The van der Waals surface area contributed by atoms with Gasteiger partial charge in [0, 0.05) is 13.0 Å². The maximum Gasteiger partial charge on any atom is 0.308 e. The fourth-order valence-electron chi connectivity index (χ4n) is 4.88. The van der Waals surface area contributed by atoms with Crippen LogP contribution in [0.25, 0.3) is 10.6 Å². The SMILES string of the molecule is COC(=O)[C@H]1CCC[C@H](Oc2ccc(-c3sc(F)cc3CNc3noc(CC4CCC4)n3)nc2C)C1. The molecular weight excluding hydrogens is 483 g/mol. The molecule has 2 aliphatic rings. The van der Waals surface area contributed by atoms with E-state index >= 15 is 0 Å². The Morgan fingerprint density at radius 2 is 2.06 bits per heavy atom. The number of thiophene rings is 1. The zero-order valence-corrected chi connectivity index (χ0v) is 21.4. The predicted molar refractivity (Wildman–Crippen MR) is 133 cm³/mol. The smallest absolute Gasteiger partial charge is 0.308 e. The summed E-state index contributed by atoms with van der Waals surface area (Å²) in [7, 11) is 1.42. The number of carbonyl (C=O) groups is 1. The van der Waals surface area contributed by atoms with Gasteiger partial charge in [-0.05, 0) is 80.3 Å². The highest BCUT2D eigenvalue weighted by Gasteiger charge is 2.29. The van der Waals surface area contributed by atoms with E-state index in [9.17, 15) is 9.18 Å². The maximum atomic E-state index is 14.3. The van der Waals surface area contributed by atoms with Gasteiger partial charge in [-0.25, -0.2) is 4.98 Å². The highest BCUT2D eigenvalue weighted by molar-refractivity contribution is 7.14. The van der Waals surface area contributed by atoms with Crippen LogP contribution in [0.15, 0.2) is 22.7 Å². The van der Waals surface area contributed by atoms with Gasteiger partial charge in [-0.15, -0.1) is 11.3 Å². The van der Waals surface area contributed by atoms with Crippen molar-refractivity contribution in [1.29, 1.82) is 0 Å². The van der Waals surface area contributed by atoms with Crippen molar-refractivity contribution < 1.29 is 23.2 Å². The molecule has 3 aromatic rings. The van der Waals surface area contributed by atoms with Crippen molar-refractivity contribution in [2.24, 2.45) is 11.8 Å². The number of rotatable bonds is 9. The molecule has 0 amide bonds. The number of ether oxygens (including phenoxy) is 2. The third-order valence-corrected chi connectivity index (χ3v) is 8.08. The molecule has 5 rings (SSSR count). The first-order valence-electron chi connectivity index (χ1n) is 12.6. The molecule has 0 bridgehead atoms. The molecule has 0 radical (unpaired) electrons. The quantitative estimate of drug-likeness (QED) is 0.363. The molecule has 2 atom stereocenters. The number of pyridine rings is 1. The van der Waals surface area contributed by atoms with Crippen LogP contribution in [0.3, 0.4) is 0 Å². The minimum atomic E-state index is -0.281. The lowest BCUT2D eigenvalue weighted by Gasteiger charge is -2.28. The predicted octanol–water partition coefficient (Wildman–Crippen LogP) is 5.71. The molecule has 10 heteroatoms. The molecule has 2 fully saturated rings. The number of carbonyl (C=O) groups excluding carboxylic acids is 1. The Balaban J connectivity index is 1.24. The van der Waals surface area contributed by atoms with Gasteiger partial charge in [-0.2, -0.15) is 9.37 Å². The molecule has 3 aromatic heterocycles. The zero-order valence-electron chi connectivity index (χ0n) is 20.6. The Bertz CT molecular complexity index is 1210. The van der Waals surface area contributed by atoms with Gasteiger partial charge in [0.2, 0.25) is 5.89 Å². The van der Waals surface area contributed by atoms with Crippen LogP contribution in [0.5, 0.6) is 5.75 Å². The molecule has 8 nitrogen and oxygen atoms in total. The number of halogens is 1. The average Bonchev–Trinajstić information content (AvgIpc) is 3.47. The van der Waals surface area contributed by atoms with E-state index in [0.29, 0.717) is 42.2 Å². The standard InChI is InChI=1S/C26H31FN4O4S/c1-15-21(34-19-8-4-7-17(12-19)25(32)33-2)10-9-20(29-15)24-18(13-22(27)36-24)14-28-26-30-23(35-31-26)11-16-5-3-6-16/h9-10,13,16-17,19H,3-8,11-12,14H2,1-2H3,(H,28,31)/t17-,19-/m0/s1. The molecule has 0 spiro atoms. The largest absolute Gasteiger partial charge is 0.489 e. The molecule has 0 unspecified atom stereocenters. The number of nitrogens with one attached hydrogen (secondary N) is 1. The number of anilines is 1. The van der Waals surface area contributed by atoms with Crippen molar-refractivity contribution in [3.63, 3.8) is 0 Å². The fraction of sp³-hybridized carbons (Fsp3) is 0.538. The topological polar surface area (TPSA) is 99.4 Å². The van der Waals surface area contributed by atoms with Crippen LogP contribution in [0.4, 0.5) is 10.3 Å². The lowest BCUT2D eigenvalue weighted by molar-refractivity contribution is -0.147. The molecule has 0 aromatic carbocycles. The average molecular weight is 515 g/mol. The highest BCUT2D eigenvalue weighted by atomic mass is 32.1. The summed E-state index contributed by atoms with van der Waals surface area (Å²) in [5.74, 6) is 2.07. The van der Waals surface area contributed by atoms with Crippen LogP contribution in [0.2, 0.25) is 0 Å². The van der Waals surface area contributed by atoms with Gasteiger partial charge >= 0.3 is 5.97 Å². The number of methoxy groups -OCH3 is 1. The van der Waals surface area contributed by atoms with Gasteiger partial charge in [-0.3, -0.25) is 4.79 Å². The van der Waals surface area contributed by atoms with Gasteiger partial charge in [-0.1, -0.05) is 6.42 Å². The van der Waals surface area contributed by atoms with Crippen LogP contribution in [-0.4, -0.2) is 34.3 Å². The third kappa shape index (κ3) is 5.69. The van der Waals surface area contributed by atoms with E-state index in [4.69, 9.17) is 19.0 Å². The molecule has 3 heterocycles. The summed E-state index contributed by atoms with van der Waals surface area (Å²) in [5.41, 5.74) is 2.18. The van der Waals surface area contributed by atoms with E-state index in [0.717, 1.165) is 53.2 Å². The van der Waals surface area contributed by atoms with Gasteiger partial charge in [0.05, 0.1) is 35.4 Å². The Hall–Kier alpha value is -3.01. The van der Waals surface area contributed by atoms with Gasteiger partial charge in [0.15, 0.2) is 5.13 Å². The normalized spacial score (nSPS) is 20.1. The Kier molecular flexibility index (Phi) is 7.50. The molecule has 2 aliphatic carbocycles. The van der Waals surface area contributed by atoms with Crippen molar-refractivity contribution in [3.05, 3.63) is 40.5 Å². The van der Waals surface area contributed by atoms with Gasteiger partial charge in [0.25, 0.3) is 5.95 Å². The molecule has 1 N–H and O–H groups in total. The van der Waals surface area contributed by atoms with Crippen LogP contribution in [0.1, 0.15) is 62.1 Å². The first kappa shape index (κ1) is 24.7. The summed E-state index contributed by atoms with van der Waals surface area (Å²) in [6, 6.07) is 5.24. The lowest BCUT2D eigenvalue weighted by atomic mass is 9.83. The van der Waals surface area contributed by atoms with Crippen molar-refractivity contribution >= 4 is 23.3 Å².